The van der Waals surface area contributed by atoms with Crippen molar-refractivity contribution in [3.63, 3.8) is 0 Å². The maximum Gasteiger partial charge on any atom is 0.323 e. The van der Waals surface area contributed by atoms with Gasteiger partial charge in [0.1, 0.15) is 11.8 Å². The Hall–Kier alpha value is -0.900. The largest absolute Gasteiger partial charge is 0.465 e. The summed E-state index contributed by atoms with van der Waals surface area (Å²) in [6, 6.07) is -0.249. The molecule has 0 spiro atoms. The van der Waals surface area contributed by atoms with E-state index in [1.54, 1.807) is 0 Å². The van der Waals surface area contributed by atoms with E-state index in [4.69, 9.17) is 4.74 Å². The molecule has 0 bridgehead atoms. The van der Waals surface area contributed by atoms with Gasteiger partial charge in [-0.3, -0.25) is 9.59 Å². The summed E-state index contributed by atoms with van der Waals surface area (Å²) < 4.78 is 5.24. The van der Waals surface area contributed by atoms with E-state index < -0.39 is 0 Å². The molecule has 0 radical (unpaired) electrons. The minimum Gasteiger partial charge on any atom is -0.465 e. The quantitative estimate of drug-likeness (QED) is 0.593. The Morgan fingerprint density at radius 3 is 3.12 bits per heavy atom. The van der Waals surface area contributed by atoms with Crippen LogP contribution < -0.4 is 5.32 Å². The molecule has 2 fully saturated rings. The summed E-state index contributed by atoms with van der Waals surface area (Å²) in [5.74, 6) is 0.371. The second-order valence-corrected chi connectivity index (χ2v) is 5.04. The third-order valence-electron chi connectivity index (χ3n) is 3.87. The summed E-state index contributed by atoms with van der Waals surface area (Å²) in [5.41, 5.74) is 0. The number of nitrogens with one attached hydrogen (secondary N) is 1. The second kappa shape index (κ2) is 5.63. The van der Waals surface area contributed by atoms with Crippen LogP contribution in [-0.4, -0.2) is 30.9 Å². The van der Waals surface area contributed by atoms with Crippen LogP contribution in [0.1, 0.15) is 39.0 Å². The van der Waals surface area contributed by atoms with Gasteiger partial charge in [-0.15, -0.1) is 0 Å². The van der Waals surface area contributed by atoms with Crippen LogP contribution in [-0.2, 0) is 14.3 Å². The lowest BCUT2D eigenvalue weighted by Crippen LogP contribution is -2.39. The molecular formula is C13H21NO3. The van der Waals surface area contributed by atoms with Crippen molar-refractivity contribution >= 4 is 11.8 Å². The lowest BCUT2D eigenvalue weighted by molar-refractivity contribution is -0.147. The number of ketones is 1. The first kappa shape index (κ1) is 12.6. The van der Waals surface area contributed by atoms with Crippen molar-refractivity contribution in [2.24, 2.45) is 11.8 Å². The summed E-state index contributed by atoms with van der Waals surface area (Å²) >= 11 is 0. The van der Waals surface area contributed by atoms with E-state index in [-0.39, 0.29) is 23.8 Å². The molecule has 4 heteroatoms. The Morgan fingerprint density at radius 2 is 2.35 bits per heavy atom. The predicted molar refractivity (Wildman–Crippen MR) is 63.5 cm³/mol. The first-order valence-corrected chi connectivity index (χ1v) is 6.66. The molecule has 1 saturated carbocycles. The van der Waals surface area contributed by atoms with Gasteiger partial charge in [-0.1, -0.05) is 13.3 Å². The van der Waals surface area contributed by atoms with Crippen molar-refractivity contribution in [1.82, 2.24) is 5.32 Å². The monoisotopic (exact) mass is 239 g/mol. The zero-order chi connectivity index (χ0) is 12.3. The highest BCUT2D eigenvalue weighted by atomic mass is 16.5. The third-order valence-corrected chi connectivity index (χ3v) is 3.87. The van der Waals surface area contributed by atoms with Crippen molar-refractivity contribution in [2.45, 2.75) is 45.1 Å². The first-order valence-electron chi connectivity index (χ1n) is 6.66. The standard InChI is InChI=1S/C13H21NO3/c1-2-3-7-17-13(16)12-9-5-4-6-11(15)10(9)8-14-12/h9-10,12,14H,2-8H2,1H3. The Morgan fingerprint density at radius 1 is 1.53 bits per heavy atom. The van der Waals surface area contributed by atoms with Crippen molar-refractivity contribution in [3.8, 4) is 0 Å². The zero-order valence-electron chi connectivity index (χ0n) is 10.4. The SMILES string of the molecule is CCCCOC(=O)C1NCC2C(=O)CCCC21. The lowest BCUT2D eigenvalue weighted by atomic mass is 9.77. The van der Waals surface area contributed by atoms with Crippen molar-refractivity contribution < 1.29 is 14.3 Å². The molecule has 0 aromatic heterocycles. The number of hydrogen-bond acceptors (Lipinski definition) is 4. The Kier molecular flexibility index (Phi) is 4.15. The van der Waals surface area contributed by atoms with E-state index in [0.29, 0.717) is 25.4 Å². The van der Waals surface area contributed by atoms with Gasteiger partial charge in [0.2, 0.25) is 0 Å². The average Bonchev–Trinajstić information content (AvgIpc) is 2.74. The van der Waals surface area contributed by atoms with Gasteiger partial charge in [-0.25, -0.2) is 0 Å². The molecule has 0 amide bonds. The van der Waals surface area contributed by atoms with Crippen molar-refractivity contribution in [2.75, 3.05) is 13.2 Å². The van der Waals surface area contributed by atoms with E-state index in [1.165, 1.54) is 0 Å². The van der Waals surface area contributed by atoms with Gasteiger partial charge >= 0.3 is 5.97 Å². The summed E-state index contributed by atoms with van der Waals surface area (Å²) in [7, 11) is 0. The van der Waals surface area contributed by atoms with Gasteiger partial charge in [0.15, 0.2) is 0 Å². The maximum absolute atomic E-state index is 11.9. The smallest absolute Gasteiger partial charge is 0.323 e. The molecule has 3 atom stereocenters. The highest BCUT2D eigenvalue weighted by molar-refractivity contribution is 5.85. The average molecular weight is 239 g/mol. The molecule has 96 valence electrons. The molecule has 2 aliphatic rings. The topological polar surface area (TPSA) is 55.4 Å². The van der Waals surface area contributed by atoms with Crippen LogP contribution in [0.5, 0.6) is 0 Å². The van der Waals surface area contributed by atoms with Gasteiger partial charge < -0.3 is 10.1 Å². The van der Waals surface area contributed by atoms with Crippen LogP contribution in [0.25, 0.3) is 0 Å². The summed E-state index contributed by atoms with van der Waals surface area (Å²) in [5, 5.41) is 3.16. The van der Waals surface area contributed by atoms with Gasteiger partial charge in [0.05, 0.1) is 6.61 Å². The second-order valence-electron chi connectivity index (χ2n) is 5.04. The molecule has 1 N–H and O–H groups in total. The van der Waals surface area contributed by atoms with Crippen LogP contribution in [0, 0.1) is 11.8 Å². The summed E-state index contributed by atoms with van der Waals surface area (Å²) in [6.07, 6.45) is 4.50. The lowest BCUT2D eigenvalue weighted by Gasteiger charge is -2.26. The number of carbonyl (C=O) groups is 2. The first-order chi connectivity index (χ1) is 8.24. The van der Waals surface area contributed by atoms with Crippen molar-refractivity contribution in [3.05, 3.63) is 0 Å². The molecule has 17 heavy (non-hydrogen) atoms. The molecule has 0 aromatic carbocycles. The van der Waals surface area contributed by atoms with E-state index >= 15 is 0 Å². The molecule has 1 aliphatic carbocycles. The number of Topliss-reactive ketones (excluding diaryl/α,β-unsaturated/α-hetero) is 1. The third kappa shape index (κ3) is 2.68. The minimum atomic E-state index is -0.249. The van der Waals surface area contributed by atoms with Gasteiger partial charge in [-0.2, -0.15) is 0 Å². The number of hydrogen-bond donors (Lipinski definition) is 1. The normalized spacial score (nSPS) is 32.3. The van der Waals surface area contributed by atoms with E-state index in [1.807, 2.05) is 0 Å². The van der Waals surface area contributed by atoms with Crippen molar-refractivity contribution in [1.29, 1.82) is 0 Å². The highest BCUT2D eigenvalue weighted by Crippen LogP contribution is 2.34. The minimum absolute atomic E-state index is 0.0486. The summed E-state index contributed by atoms with van der Waals surface area (Å²) in [6.45, 7) is 3.22. The number of carbonyl (C=O) groups excluding carboxylic acids is 2. The summed E-state index contributed by atoms with van der Waals surface area (Å²) in [4.78, 5) is 23.6. The molecular weight excluding hydrogens is 218 g/mol. The molecule has 2 rings (SSSR count). The zero-order valence-corrected chi connectivity index (χ0v) is 10.4. The molecule has 3 unspecified atom stereocenters. The number of esters is 1. The fraction of sp³-hybridized carbons (Fsp3) is 0.846. The highest BCUT2D eigenvalue weighted by Gasteiger charge is 2.45. The fourth-order valence-electron chi connectivity index (χ4n) is 2.87. The molecule has 0 aromatic rings. The fourth-order valence-corrected chi connectivity index (χ4v) is 2.87. The van der Waals surface area contributed by atoms with E-state index in [2.05, 4.69) is 12.2 Å². The van der Waals surface area contributed by atoms with Crippen LogP contribution in [0.15, 0.2) is 0 Å². The number of fused-ring (bicyclic) bond motifs is 1. The molecule has 1 saturated heterocycles. The van der Waals surface area contributed by atoms with Gasteiger partial charge in [-0.05, 0) is 25.2 Å². The number of ether oxygens (including phenoxy) is 1. The predicted octanol–water partition coefficient (Wildman–Crippen LogP) is 1.29. The van der Waals surface area contributed by atoms with E-state index in [9.17, 15) is 9.59 Å². The van der Waals surface area contributed by atoms with Crippen LogP contribution in [0.4, 0.5) is 0 Å². The van der Waals surface area contributed by atoms with Crippen LogP contribution in [0.3, 0.4) is 0 Å². The Balaban J connectivity index is 1.89. The van der Waals surface area contributed by atoms with Crippen LogP contribution in [0.2, 0.25) is 0 Å². The van der Waals surface area contributed by atoms with Crippen LogP contribution >= 0.6 is 0 Å². The number of unbranched alkanes of at least 4 members (excludes halogenated alkanes) is 1. The molecule has 1 aliphatic heterocycles. The Labute approximate surface area is 102 Å². The molecule has 1 heterocycles. The Bertz CT molecular complexity index is 303. The molecule has 4 nitrogen and oxygen atoms in total. The van der Waals surface area contributed by atoms with E-state index in [0.717, 1.165) is 25.7 Å². The maximum atomic E-state index is 11.9. The van der Waals surface area contributed by atoms with Gasteiger partial charge in [0, 0.05) is 18.9 Å². The number of rotatable bonds is 4. The van der Waals surface area contributed by atoms with Gasteiger partial charge in [0.25, 0.3) is 0 Å².